The number of nitrogens with two attached hydrogens (primary N) is 1. The van der Waals surface area contributed by atoms with Crippen molar-refractivity contribution in [3.05, 3.63) is 36.0 Å². The Hall–Kier alpha value is -2.30. The summed E-state index contributed by atoms with van der Waals surface area (Å²) in [4.78, 5) is 26.6. The van der Waals surface area contributed by atoms with Crippen LogP contribution in [0, 0.1) is 5.92 Å². The topological polar surface area (TPSA) is 88.0 Å². The highest BCUT2D eigenvalue weighted by Crippen LogP contribution is 2.19. The van der Waals surface area contributed by atoms with Crippen molar-refractivity contribution in [3.63, 3.8) is 0 Å². The molecule has 1 heterocycles. The number of fused-ring (bicyclic) bond motifs is 1. The van der Waals surface area contributed by atoms with Crippen molar-refractivity contribution < 1.29 is 9.59 Å². The number of primary amides is 1. The lowest BCUT2D eigenvalue weighted by Gasteiger charge is -2.17. The van der Waals surface area contributed by atoms with E-state index in [2.05, 4.69) is 10.3 Å². The number of H-pyrrole nitrogens is 1. The standard InChI is InChI=1S/C17H23N3O2/c1-11(2)9-15(17(18)22)20-16(21)8-7-12-10-19-14-6-4-3-5-13(12)14/h3-6,10-11,15,19H,7-9H2,1-2H3,(H2,18,22)(H,20,21)/t15-/m1/s1. The summed E-state index contributed by atoms with van der Waals surface area (Å²) >= 11 is 0. The van der Waals surface area contributed by atoms with Gasteiger partial charge in [0.2, 0.25) is 11.8 Å². The van der Waals surface area contributed by atoms with E-state index < -0.39 is 11.9 Å². The Balaban J connectivity index is 1.93. The molecule has 1 aromatic heterocycles. The smallest absolute Gasteiger partial charge is 0.240 e. The number of aryl methyl sites for hydroxylation is 1. The number of rotatable bonds is 7. The highest BCUT2D eigenvalue weighted by molar-refractivity contribution is 5.87. The van der Waals surface area contributed by atoms with Crippen LogP contribution in [-0.2, 0) is 16.0 Å². The normalized spacial score (nSPS) is 12.5. The van der Waals surface area contributed by atoms with Crippen LogP contribution >= 0.6 is 0 Å². The minimum Gasteiger partial charge on any atom is -0.368 e. The van der Waals surface area contributed by atoms with E-state index in [0.29, 0.717) is 25.2 Å². The molecule has 4 N–H and O–H groups in total. The van der Waals surface area contributed by atoms with Crippen LogP contribution < -0.4 is 11.1 Å². The van der Waals surface area contributed by atoms with Crippen molar-refractivity contribution in [1.29, 1.82) is 0 Å². The van der Waals surface area contributed by atoms with Gasteiger partial charge in [-0.1, -0.05) is 32.0 Å². The van der Waals surface area contributed by atoms with Crippen LogP contribution in [-0.4, -0.2) is 22.8 Å². The van der Waals surface area contributed by atoms with Crippen LogP contribution in [0.15, 0.2) is 30.5 Å². The molecule has 2 amide bonds. The lowest BCUT2D eigenvalue weighted by molar-refractivity contribution is -0.127. The van der Waals surface area contributed by atoms with E-state index in [0.717, 1.165) is 16.5 Å². The molecular weight excluding hydrogens is 278 g/mol. The number of carbonyl (C=O) groups is 2. The molecule has 0 aliphatic heterocycles. The largest absolute Gasteiger partial charge is 0.368 e. The minimum absolute atomic E-state index is 0.144. The Morgan fingerprint density at radius 1 is 1.27 bits per heavy atom. The molecule has 0 saturated heterocycles. The van der Waals surface area contributed by atoms with E-state index in [9.17, 15) is 9.59 Å². The molecule has 22 heavy (non-hydrogen) atoms. The number of carbonyl (C=O) groups excluding carboxylic acids is 2. The van der Waals surface area contributed by atoms with Gasteiger partial charge in [0.05, 0.1) is 0 Å². The predicted molar refractivity (Wildman–Crippen MR) is 87.2 cm³/mol. The van der Waals surface area contributed by atoms with E-state index >= 15 is 0 Å². The van der Waals surface area contributed by atoms with Gasteiger partial charge in [-0.25, -0.2) is 0 Å². The molecule has 0 spiro atoms. The van der Waals surface area contributed by atoms with Crippen molar-refractivity contribution in [2.24, 2.45) is 11.7 Å². The fourth-order valence-corrected chi connectivity index (χ4v) is 2.57. The Morgan fingerprint density at radius 2 is 2.00 bits per heavy atom. The maximum atomic E-state index is 12.0. The van der Waals surface area contributed by atoms with Crippen LogP contribution in [0.25, 0.3) is 10.9 Å². The van der Waals surface area contributed by atoms with Gasteiger partial charge in [-0.05, 0) is 30.4 Å². The van der Waals surface area contributed by atoms with Crippen molar-refractivity contribution in [2.75, 3.05) is 0 Å². The summed E-state index contributed by atoms with van der Waals surface area (Å²) in [6.45, 7) is 3.99. The van der Waals surface area contributed by atoms with Crippen molar-refractivity contribution in [3.8, 4) is 0 Å². The van der Waals surface area contributed by atoms with Gasteiger partial charge >= 0.3 is 0 Å². The quantitative estimate of drug-likeness (QED) is 0.731. The summed E-state index contributed by atoms with van der Waals surface area (Å²) < 4.78 is 0. The van der Waals surface area contributed by atoms with Crippen molar-refractivity contribution >= 4 is 22.7 Å². The van der Waals surface area contributed by atoms with E-state index in [4.69, 9.17) is 5.73 Å². The molecule has 1 aromatic carbocycles. The SMILES string of the molecule is CC(C)C[C@@H](NC(=O)CCc1c[nH]c2ccccc12)C(N)=O. The summed E-state index contributed by atoms with van der Waals surface area (Å²) in [6, 6.07) is 7.40. The first-order valence-corrected chi connectivity index (χ1v) is 7.61. The Labute approximate surface area is 130 Å². The van der Waals surface area contributed by atoms with E-state index in [1.807, 2.05) is 44.3 Å². The third kappa shape index (κ3) is 4.10. The first-order valence-electron chi connectivity index (χ1n) is 7.61. The van der Waals surface area contributed by atoms with Gasteiger partial charge in [0, 0.05) is 23.5 Å². The monoisotopic (exact) mass is 301 g/mol. The zero-order valence-electron chi connectivity index (χ0n) is 13.1. The summed E-state index contributed by atoms with van der Waals surface area (Å²) in [5, 5.41) is 3.86. The van der Waals surface area contributed by atoms with Gasteiger partial charge < -0.3 is 16.0 Å². The first-order chi connectivity index (χ1) is 10.5. The molecule has 5 nitrogen and oxygen atoms in total. The summed E-state index contributed by atoms with van der Waals surface area (Å²) in [6.07, 6.45) is 3.46. The molecule has 0 aliphatic rings. The Bertz CT molecular complexity index is 661. The molecule has 5 heteroatoms. The maximum absolute atomic E-state index is 12.0. The third-order valence-corrected chi connectivity index (χ3v) is 3.68. The van der Waals surface area contributed by atoms with Crippen LogP contribution in [0.1, 0.15) is 32.3 Å². The summed E-state index contributed by atoms with van der Waals surface area (Å²) in [5.74, 6) is -0.324. The number of aromatic nitrogens is 1. The zero-order chi connectivity index (χ0) is 16.1. The number of amides is 2. The van der Waals surface area contributed by atoms with Crippen molar-refractivity contribution in [1.82, 2.24) is 10.3 Å². The second-order valence-electron chi connectivity index (χ2n) is 6.01. The molecule has 0 saturated carbocycles. The van der Waals surface area contributed by atoms with Gasteiger partial charge in [0.1, 0.15) is 6.04 Å². The summed E-state index contributed by atoms with van der Waals surface area (Å²) in [7, 11) is 0. The minimum atomic E-state index is -0.588. The van der Waals surface area contributed by atoms with Gasteiger partial charge in [-0.2, -0.15) is 0 Å². The van der Waals surface area contributed by atoms with Crippen LogP contribution in [0.3, 0.4) is 0 Å². The molecule has 118 valence electrons. The molecule has 0 radical (unpaired) electrons. The lowest BCUT2D eigenvalue weighted by atomic mass is 10.0. The second-order valence-corrected chi connectivity index (χ2v) is 6.01. The molecule has 0 unspecified atom stereocenters. The molecule has 2 rings (SSSR count). The average molecular weight is 301 g/mol. The van der Waals surface area contributed by atoms with E-state index in [1.54, 1.807) is 0 Å². The van der Waals surface area contributed by atoms with Gasteiger partial charge in [-0.3, -0.25) is 9.59 Å². The fourth-order valence-electron chi connectivity index (χ4n) is 2.57. The molecule has 2 aromatic rings. The maximum Gasteiger partial charge on any atom is 0.240 e. The van der Waals surface area contributed by atoms with Gasteiger partial charge in [-0.15, -0.1) is 0 Å². The Morgan fingerprint density at radius 3 is 2.68 bits per heavy atom. The van der Waals surface area contributed by atoms with E-state index in [-0.39, 0.29) is 5.91 Å². The molecule has 1 atom stereocenters. The number of nitrogens with one attached hydrogen (secondary N) is 2. The highest BCUT2D eigenvalue weighted by atomic mass is 16.2. The first kappa shape index (κ1) is 16.1. The fraction of sp³-hybridized carbons (Fsp3) is 0.412. The molecular formula is C17H23N3O2. The van der Waals surface area contributed by atoms with Crippen LogP contribution in [0.2, 0.25) is 0 Å². The molecule has 0 aliphatic carbocycles. The highest BCUT2D eigenvalue weighted by Gasteiger charge is 2.19. The lowest BCUT2D eigenvalue weighted by Crippen LogP contribution is -2.45. The van der Waals surface area contributed by atoms with Crippen molar-refractivity contribution in [2.45, 2.75) is 39.2 Å². The Kier molecular flexibility index (Phi) is 5.20. The number of aromatic amines is 1. The van der Waals surface area contributed by atoms with Crippen LogP contribution in [0.4, 0.5) is 0 Å². The van der Waals surface area contributed by atoms with Gasteiger partial charge in [0.15, 0.2) is 0 Å². The number of hydrogen-bond donors (Lipinski definition) is 3. The third-order valence-electron chi connectivity index (χ3n) is 3.68. The van der Waals surface area contributed by atoms with Gasteiger partial charge in [0.25, 0.3) is 0 Å². The molecule has 0 fully saturated rings. The zero-order valence-corrected chi connectivity index (χ0v) is 13.1. The predicted octanol–water partition coefficient (Wildman–Crippen LogP) is 2.12. The van der Waals surface area contributed by atoms with E-state index in [1.165, 1.54) is 0 Å². The number of benzene rings is 1. The summed E-state index contributed by atoms with van der Waals surface area (Å²) in [5.41, 5.74) is 7.50. The number of hydrogen-bond acceptors (Lipinski definition) is 2. The molecule has 0 bridgehead atoms. The second kappa shape index (κ2) is 7.11. The average Bonchev–Trinajstić information content (AvgIpc) is 2.87. The van der Waals surface area contributed by atoms with Crippen LogP contribution in [0.5, 0.6) is 0 Å². The number of para-hydroxylation sites is 1.